The Morgan fingerprint density at radius 3 is 2.62 bits per heavy atom. The van der Waals surface area contributed by atoms with Crippen LogP contribution >= 0.6 is 12.2 Å². The molecule has 1 aromatic rings. The zero-order valence-electron chi connectivity index (χ0n) is 9.07. The fourth-order valence-corrected chi connectivity index (χ4v) is 1.52. The zero-order valence-corrected chi connectivity index (χ0v) is 9.88. The van der Waals surface area contributed by atoms with E-state index in [0.717, 1.165) is 5.69 Å². The zero-order chi connectivity index (χ0) is 12.0. The molecule has 86 valence electrons. The van der Waals surface area contributed by atoms with Gasteiger partial charge in [0.15, 0.2) is 0 Å². The Labute approximate surface area is 100 Å². The molecular weight excluding hydrogens is 222 g/mol. The second kappa shape index (κ2) is 6.07. The molecule has 16 heavy (non-hydrogen) atoms. The number of anilines is 1. The minimum absolute atomic E-state index is 0.0683. The van der Waals surface area contributed by atoms with Gasteiger partial charge in [-0.2, -0.15) is 0 Å². The number of benzene rings is 1. The van der Waals surface area contributed by atoms with Crippen LogP contribution in [0.1, 0.15) is 13.3 Å². The van der Waals surface area contributed by atoms with Crippen molar-refractivity contribution in [3.8, 4) is 0 Å². The van der Waals surface area contributed by atoms with E-state index in [1.165, 1.54) is 0 Å². The Kier molecular flexibility index (Phi) is 4.72. The van der Waals surface area contributed by atoms with Crippen molar-refractivity contribution >= 4 is 28.9 Å². The van der Waals surface area contributed by atoms with Crippen LogP contribution in [0, 0.1) is 0 Å². The molecule has 0 aliphatic heterocycles. The lowest BCUT2D eigenvalue weighted by molar-refractivity contribution is 0.249. The molecule has 1 rings (SSSR count). The standard InChI is InChI=1S/C11H15N3OS/c1-8(7-10(12)16)13-11(15)14-9-5-3-2-4-6-9/h2-6,8H,7H2,1H3,(H2,12,16)(H2,13,14,15). The van der Waals surface area contributed by atoms with Crippen LogP contribution < -0.4 is 16.4 Å². The van der Waals surface area contributed by atoms with Crippen molar-refractivity contribution in [3.05, 3.63) is 30.3 Å². The molecule has 0 saturated carbocycles. The summed E-state index contributed by atoms with van der Waals surface area (Å²) < 4.78 is 0. The van der Waals surface area contributed by atoms with Gasteiger partial charge in [-0.05, 0) is 19.1 Å². The molecule has 2 amide bonds. The highest BCUT2D eigenvalue weighted by molar-refractivity contribution is 7.80. The molecule has 0 aliphatic carbocycles. The Balaban J connectivity index is 2.39. The Morgan fingerprint density at radius 2 is 2.06 bits per heavy atom. The maximum atomic E-state index is 11.5. The topological polar surface area (TPSA) is 67.1 Å². The largest absolute Gasteiger partial charge is 0.393 e. The highest BCUT2D eigenvalue weighted by Gasteiger charge is 2.07. The SMILES string of the molecule is CC(CC(N)=S)NC(=O)Nc1ccccc1. The molecule has 1 unspecified atom stereocenters. The lowest BCUT2D eigenvalue weighted by Gasteiger charge is -2.13. The molecule has 0 saturated heterocycles. The molecule has 0 aliphatic rings. The minimum Gasteiger partial charge on any atom is -0.393 e. The predicted octanol–water partition coefficient (Wildman–Crippen LogP) is 1.87. The van der Waals surface area contributed by atoms with Gasteiger partial charge in [-0.25, -0.2) is 4.79 Å². The van der Waals surface area contributed by atoms with Crippen molar-refractivity contribution in [2.45, 2.75) is 19.4 Å². The summed E-state index contributed by atoms with van der Waals surface area (Å²) in [5.74, 6) is 0. The van der Waals surface area contributed by atoms with Gasteiger partial charge in [0, 0.05) is 18.2 Å². The van der Waals surface area contributed by atoms with Crippen LogP contribution in [-0.2, 0) is 0 Å². The summed E-state index contributed by atoms with van der Waals surface area (Å²) in [6.07, 6.45) is 0.498. The van der Waals surface area contributed by atoms with Gasteiger partial charge in [0.05, 0.1) is 4.99 Å². The normalized spacial score (nSPS) is 11.6. The molecule has 0 aromatic heterocycles. The number of hydrogen-bond acceptors (Lipinski definition) is 2. The van der Waals surface area contributed by atoms with Gasteiger partial charge in [-0.15, -0.1) is 0 Å². The number of nitrogens with one attached hydrogen (secondary N) is 2. The Morgan fingerprint density at radius 1 is 1.44 bits per heavy atom. The van der Waals surface area contributed by atoms with Crippen LogP contribution in [-0.4, -0.2) is 17.1 Å². The first-order chi connectivity index (χ1) is 7.58. The maximum Gasteiger partial charge on any atom is 0.319 e. The van der Waals surface area contributed by atoms with E-state index in [4.69, 9.17) is 18.0 Å². The van der Waals surface area contributed by atoms with E-state index in [9.17, 15) is 4.79 Å². The fraction of sp³-hybridized carbons (Fsp3) is 0.273. The summed E-state index contributed by atoms with van der Waals surface area (Å²) in [6.45, 7) is 1.85. The maximum absolute atomic E-state index is 11.5. The molecule has 0 heterocycles. The molecule has 1 atom stereocenters. The van der Waals surface area contributed by atoms with E-state index in [2.05, 4.69) is 10.6 Å². The van der Waals surface area contributed by atoms with Crippen molar-refractivity contribution in [1.29, 1.82) is 0 Å². The van der Waals surface area contributed by atoms with Gasteiger partial charge in [0.25, 0.3) is 0 Å². The molecule has 4 nitrogen and oxygen atoms in total. The van der Waals surface area contributed by atoms with Gasteiger partial charge in [0.1, 0.15) is 0 Å². The first kappa shape index (κ1) is 12.4. The van der Waals surface area contributed by atoms with Crippen LogP contribution in [0.2, 0.25) is 0 Å². The van der Waals surface area contributed by atoms with Crippen molar-refractivity contribution in [2.24, 2.45) is 5.73 Å². The molecule has 0 bridgehead atoms. The van der Waals surface area contributed by atoms with E-state index >= 15 is 0 Å². The van der Waals surface area contributed by atoms with Gasteiger partial charge < -0.3 is 16.4 Å². The third kappa shape index (κ3) is 4.75. The van der Waals surface area contributed by atoms with Crippen LogP contribution in [0.5, 0.6) is 0 Å². The van der Waals surface area contributed by atoms with Crippen LogP contribution in [0.4, 0.5) is 10.5 Å². The predicted molar refractivity (Wildman–Crippen MR) is 69.5 cm³/mol. The van der Waals surface area contributed by atoms with Crippen LogP contribution in [0.3, 0.4) is 0 Å². The van der Waals surface area contributed by atoms with Gasteiger partial charge >= 0.3 is 6.03 Å². The summed E-state index contributed by atoms with van der Waals surface area (Å²) in [4.78, 5) is 11.9. The number of nitrogens with two attached hydrogens (primary N) is 1. The number of amides is 2. The quantitative estimate of drug-likeness (QED) is 0.700. The number of carbonyl (C=O) groups excluding carboxylic acids is 1. The second-order valence-electron chi connectivity index (χ2n) is 3.54. The number of para-hydroxylation sites is 1. The summed E-state index contributed by atoms with van der Waals surface area (Å²) >= 11 is 4.76. The molecule has 0 radical (unpaired) electrons. The second-order valence-corrected chi connectivity index (χ2v) is 4.06. The van der Waals surface area contributed by atoms with E-state index in [1.807, 2.05) is 37.3 Å². The number of rotatable bonds is 4. The molecular formula is C11H15N3OS. The van der Waals surface area contributed by atoms with Crippen molar-refractivity contribution in [2.75, 3.05) is 5.32 Å². The monoisotopic (exact) mass is 237 g/mol. The molecule has 1 aromatic carbocycles. The number of hydrogen-bond donors (Lipinski definition) is 3. The number of urea groups is 1. The molecule has 4 N–H and O–H groups in total. The van der Waals surface area contributed by atoms with Gasteiger partial charge in [-0.1, -0.05) is 30.4 Å². The Bertz CT molecular complexity index is 367. The Hall–Kier alpha value is -1.62. The molecule has 5 heteroatoms. The third-order valence-electron chi connectivity index (χ3n) is 1.92. The van der Waals surface area contributed by atoms with Gasteiger partial charge in [0.2, 0.25) is 0 Å². The summed E-state index contributed by atoms with van der Waals surface area (Å²) in [5.41, 5.74) is 6.13. The first-order valence-corrected chi connectivity index (χ1v) is 5.39. The van der Waals surface area contributed by atoms with E-state index in [0.29, 0.717) is 11.4 Å². The number of carbonyl (C=O) groups is 1. The first-order valence-electron chi connectivity index (χ1n) is 4.99. The minimum atomic E-state index is -0.255. The lowest BCUT2D eigenvalue weighted by Crippen LogP contribution is -2.38. The highest BCUT2D eigenvalue weighted by atomic mass is 32.1. The van der Waals surface area contributed by atoms with E-state index in [-0.39, 0.29) is 12.1 Å². The van der Waals surface area contributed by atoms with E-state index in [1.54, 1.807) is 0 Å². The van der Waals surface area contributed by atoms with Crippen LogP contribution in [0.15, 0.2) is 30.3 Å². The number of thiocarbonyl (C=S) groups is 1. The van der Waals surface area contributed by atoms with Crippen molar-refractivity contribution in [3.63, 3.8) is 0 Å². The average Bonchev–Trinajstić information content (AvgIpc) is 2.17. The van der Waals surface area contributed by atoms with Crippen LogP contribution in [0.25, 0.3) is 0 Å². The van der Waals surface area contributed by atoms with Gasteiger partial charge in [-0.3, -0.25) is 0 Å². The highest BCUT2D eigenvalue weighted by Crippen LogP contribution is 2.04. The molecule has 0 fully saturated rings. The molecule has 0 spiro atoms. The summed E-state index contributed by atoms with van der Waals surface area (Å²) in [5, 5.41) is 5.45. The van der Waals surface area contributed by atoms with E-state index < -0.39 is 0 Å². The third-order valence-corrected chi connectivity index (χ3v) is 2.08. The summed E-state index contributed by atoms with van der Waals surface area (Å²) in [6, 6.07) is 8.91. The average molecular weight is 237 g/mol. The lowest BCUT2D eigenvalue weighted by atomic mass is 10.2. The smallest absolute Gasteiger partial charge is 0.319 e. The van der Waals surface area contributed by atoms with Crippen molar-refractivity contribution < 1.29 is 4.79 Å². The van der Waals surface area contributed by atoms with Crippen molar-refractivity contribution in [1.82, 2.24) is 5.32 Å². The fourth-order valence-electron chi connectivity index (χ4n) is 1.27. The summed E-state index contributed by atoms with van der Waals surface area (Å²) in [7, 11) is 0.